The van der Waals surface area contributed by atoms with Crippen LogP contribution in [-0.4, -0.2) is 9.78 Å². The molecule has 0 fully saturated rings. The van der Waals surface area contributed by atoms with E-state index in [-0.39, 0.29) is 0 Å². The van der Waals surface area contributed by atoms with Gasteiger partial charge < -0.3 is 4.74 Å². The fourth-order valence-corrected chi connectivity index (χ4v) is 2.01. The number of nitrogens with zero attached hydrogens (tertiary/aromatic N) is 2. The van der Waals surface area contributed by atoms with Crippen LogP contribution in [0.25, 0.3) is 5.69 Å². The van der Waals surface area contributed by atoms with E-state index in [0.717, 1.165) is 22.6 Å². The summed E-state index contributed by atoms with van der Waals surface area (Å²) in [7, 11) is 0. The maximum atomic E-state index is 5.82. The minimum atomic E-state index is 0.572. The first-order valence-electron chi connectivity index (χ1n) is 6.60. The van der Waals surface area contributed by atoms with Crippen LogP contribution in [0.5, 0.6) is 5.75 Å². The molecule has 3 heteroatoms. The molecule has 3 aromatic rings. The molecule has 0 atom stereocenters. The highest BCUT2D eigenvalue weighted by Crippen LogP contribution is 2.18. The summed E-state index contributed by atoms with van der Waals surface area (Å²) in [5, 5.41) is 4.31. The van der Waals surface area contributed by atoms with Gasteiger partial charge in [0.2, 0.25) is 0 Å². The third kappa shape index (κ3) is 2.88. The van der Waals surface area contributed by atoms with Gasteiger partial charge in [-0.25, -0.2) is 4.68 Å². The Kier molecular flexibility index (Phi) is 3.50. The third-order valence-electron chi connectivity index (χ3n) is 3.04. The van der Waals surface area contributed by atoms with E-state index in [1.165, 1.54) is 0 Å². The number of aromatic nitrogens is 2. The molecule has 0 aliphatic heterocycles. The molecule has 0 bridgehead atoms. The second-order valence-electron chi connectivity index (χ2n) is 4.73. The molecule has 0 amide bonds. The fourth-order valence-electron chi connectivity index (χ4n) is 2.01. The van der Waals surface area contributed by atoms with Gasteiger partial charge in [0.05, 0.1) is 11.9 Å². The van der Waals surface area contributed by atoms with Gasteiger partial charge in [0.1, 0.15) is 12.4 Å². The number of benzene rings is 2. The van der Waals surface area contributed by atoms with Crippen LogP contribution in [0.1, 0.15) is 11.1 Å². The Morgan fingerprint density at radius 1 is 1.05 bits per heavy atom. The average Bonchev–Trinajstić information content (AvgIpc) is 2.93. The predicted molar refractivity (Wildman–Crippen MR) is 79.1 cm³/mol. The van der Waals surface area contributed by atoms with Crippen molar-refractivity contribution in [3.8, 4) is 11.4 Å². The smallest absolute Gasteiger partial charge is 0.121 e. The number of aryl methyl sites for hydroxylation is 1. The van der Waals surface area contributed by atoms with Gasteiger partial charge in [0.25, 0.3) is 0 Å². The van der Waals surface area contributed by atoms with E-state index < -0.39 is 0 Å². The Morgan fingerprint density at radius 3 is 2.65 bits per heavy atom. The molecule has 100 valence electrons. The summed E-state index contributed by atoms with van der Waals surface area (Å²) in [6.07, 6.45) is 3.84. The molecule has 0 radical (unpaired) electrons. The SMILES string of the molecule is Cc1cnn(-c2cccc(OCc3ccccc3)c2)c1. The summed E-state index contributed by atoms with van der Waals surface area (Å²) in [6.45, 7) is 2.60. The van der Waals surface area contributed by atoms with E-state index in [0.29, 0.717) is 6.61 Å². The first kappa shape index (κ1) is 12.5. The average molecular weight is 264 g/mol. The molecular weight excluding hydrogens is 248 g/mol. The zero-order valence-electron chi connectivity index (χ0n) is 11.4. The number of rotatable bonds is 4. The van der Waals surface area contributed by atoms with Crippen molar-refractivity contribution in [2.45, 2.75) is 13.5 Å². The first-order valence-corrected chi connectivity index (χ1v) is 6.60. The molecule has 0 unspecified atom stereocenters. The molecule has 0 spiro atoms. The second-order valence-corrected chi connectivity index (χ2v) is 4.73. The van der Waals surface area contributed by atoms with E-state index in [2.05, 4.69) is 17.2 Å². The third-order valence-corrected chi connectivity index (χ3v) is 3.04. The molecule has 2 aromatic carbocycles. The summed E-state index contributed by atoms with van der Waals surface area (Å²) in [5.74, 6) is 0.847. The molecule has 1 aromatic heterocycles. The van der Waals surface area contributed by atoms with Gasteiger partial charge in [-0.2, -0.15) is 5.10 Å². The second kappa shape index (κ2) is 5.61. The first-order chi connectivity index (χ1) is 9.81. The Bertz CT molecular complexity index is 689. The number of hydrogen-bond donors (Lipinski definition) is 0. The molecule has 0 N–H and O–H groups in total. The highest BCUT2D eigenvalue weighted by Gasteiger charge is 2.01. The van der Waals surface area contributed by atoms with Crippen molar-refractivity contribution < 1.29 is 4.74 Å². The van der Waals surface area contributed by atoms with Crippen LogP contribution in [-0.2, 0) is 6.61 Å². The molecule has 0 saturated carbocycles. The largest absolute Gasteiger partial charge is 0.489 e. The zero-order chi connectivity index (χ0) is 13.8. The monoisotopic (exact) mass is 264 g/mol. The lowest BCUT2D eigenvalue weighted by Gasteiger charge is -2.08. The van der Waals surface area contributed by atoms with Crippen LogP contribution in [0.4, 0.5) is 0 Å². The van der Waals surface area contributed by atoms with Crippen molar-refractivity contribution >= 4 is 0 Å². The maximum Gasteiger partial charge on any atom is 0.121 e. The summed E-state index contributed by atoms with van der Waals surface area (Å²) in [5.41, 5.74) is 3.30. The van der Waals surface area contributed by atoms with Gasteiger partial charge >= 0.3 is 0 Å². The van der Waals surface area contributed by atoms with E-state index in [9.17, 15) is 0 Å². The standard InChI is InChI=1S/C17H16N2O/c1-14-11-18-19(12-14)16-8-5-9-17(10-16)20-13-15-6-3-2-4-7-15/h2-12H,13H2,1H3. The van der Waals surface area contributed by atoms with Gasteiger partial charge in [0.15, 0.2) is 0 Å². The van der Waals surface area contributed by atoms with Crippen LogP contribution in [0.15, 0.2) is 67.0 Å². The van der Waals surface area contributed by atoms with Gasteiger partial charge in [0, 0.05) is 12.3 Å². The molecule has 0 saturated heterocycles. The van der Waals surface area contributed by atoms with Crippen molar-refractivity contribution in [2.75, 3.05) is 0 Å². The fraction of sp³-hybridized carbons (Fsp3) is 0.118. The molecule has 0 aliphatic rings. The lowest BCUT2D eigenvalue weighted by Crippen LogP contribution is -1.98. The summed E-state index contributed by atoms with van der Waals surface area (Å²) < 4.78 is 7.67. The predicted octanol–water partition coefficient (Wildman–Crippen LogP) is 3.76. The minimum absolute atomic E-state index is 0.572. The Hall–Kier alpha value is -2.55. The quantitative estimate of drug-likeness (QED) is 0.717. The maximum absolute atomic E-state index is 5.82. The summed E-state index contributed by atoms with van der Waals surface area (Å²) in [6, 6.07) is 18.1. The van der Waals surface area contributed by atoms with Crippen molar-refractivity contribution in [3.05, 3.63) is 78.1 Å². The molecule has 3 nitrogen and oxygen atoms in total. The normalized spacial score (nSPS) is 10.4. The van der Waals surface area contributed by atoms with Crippen LogP contribution < -0.4 is 4.74 Å². The van der Waals surface area contributed by atoms with E-state index >= 15 is 0 Å². The minimum Gasteiger partial charge on any atom is -0.489 e. The molecular formula is C17H16N2O. The van der Waals surface area contributed by atoms with Crippen molar-refractivity contribution in [3.63, 3.8) is 0 Å². The van der Waals surface area contributed by atoms with Crippen molar-refractivity contribution in [2.24, 2.45) is 0 Å². The molecule has 1 heterocycles. The Labute approximate surface area is 118 Å². The van der Waals surface area contributed by atoms with Crippen molar-refractivity contribution in [1.29, 1.82) is 0 Å². The Balaban J connectivity index is 1.75. The molecule has 20 heavy (non-hydrogen) atoms. The number of hydrogen-bond acceptors (Lipinski definition) is 2. The highest BCUT2D eigenvalue weighted by molar-refractivity contribution is 5.39. The molecule has 0 aliphatic carbocycles. The van der Waals surface area contributed by atoms with Gasteiger partial charge in [-0.15, -0.1) is 0 Å². The van der Waals surface area contributed by atoms with Gasteiger partial charge in [-0.3, -0.25) is 0 Å². The van der Waals surface area contributed by atoms with Crippen LogP contribution in [0.3, 0.4) is 0 Å². The van der Waals surface area contributed by atoms with Crippen LogP contribution in [0, 0.1) is 6.92 Å². The zero-order valence-corrected chi connectivity index (χ0v) is 11.4. The van der Waals surface area contributed by atoms with E-state index in [1.807, 2.05) is 66.5 Å². The topological polar surface area (TPSA) is 27.1 Å². The van der Waals surface area contributed by atoms with E-state index in [4.69, 9.17) is 4.74 Å². The summed E-state index contributed by atoms with van der Waals surface area (Å²) in [4.78, 5) is 0. The number of ether oxygens (including phenoxy) is 1. The van der Waals surface area contributed by atoms with Crippen LogP contribution >= 0.6 is 0 Å². The highest BCUT2D eigenvalue weighted by atomic mass is 16.5. The van der Waals surface area contributed by atoms with E-state index in [1.54, 1.807) is 0 Å². The Morgan fingerprint density at radius 2 is 1.90 bits per heavy atom. The summed E-state index contributed by atoms with van der Waals surface area (Å²) >= 11 is 0. The lowest BCUT2D eigenvalue weighted by atomic mass is 10.2. The van der Waals surface area contributed by atoms with Gasteiger partial charge in [-0.05, 0) is 30.2 Å². The van der Waals surface area contributed by atoms with Gasteiger partial charge in [-0.1, -0.05) is 36.4 Å². The van der Waals surface area contributed by atoms with Crippen LogP contribution in [0.2, 0.25) is 0 Å². The molecule has 3 rings (SSSR count). The lowest BCUT2D eigenvalue weighted by molar-refractivity contribution is 0.306. The van der Waals surface area contributed by atoms with Crippen molar-refractivity contribution in [1.82, 2.24) is 9.78 Å².